The minimum atomic E-state index is -0.638. The van der Waals surface area contributed by atoms with Crippen molar-refractivity contribution < 1.29 is 14.4 Å². The first-order chi connectivity index (χ1) is 5.74. The minimum absolute atomic E-state index is 0.0247. The molecule has 0 aromatic rings. The normalized spacial score (nSPS) is 22.5. The van der Waals surface area contributed by atoms with Crippen molar-refractivity contribution in [3.8, 4) is 0 Å². The van der Waals surface area contributed by atoms with Crippen LogP contribution in [-0.2, 0) is 14.4 Å². The van der Waals surface area contributed by atoms with Crippen molar-refractivity contribution >= 4 is 17.9 Å². The van der Waals surface area contributed by atoms with Gasteiger partial charge < -0.3 is 4.79 Å². The number of aldehydes is 1. The van der Waals surface area contributed by atoms with Gasteiger partial charge in [0.15, 0.2) is 0 Å². The van der Waals surface area contributed by atoms with Gasteiger partial charge in [-0.3, -0.25) is 9.59 Å². The van der Waals surface area contributed by atoms with E-state index in [2.05, 4.69) is 13.2 Å². The Morgan fingerprint density at radius 3 is 2.25 bits per heavy atom. The molecular weight excluding hydrogens is 156 g/mol. The Hall–Kier alpha value is -1.25. The van der Waals surface area contributed by atoms with E-state index >= 15 is 0 Å². The van der Waals surface area contributed by atoms with E-state index in [4.69, 9.17) is 0 Å². The molecule has 1 aliphatic carbocycles. The van der Waals surface area contributed by atoms with Gasteiger partial charge in [-0.2, -0.15) is 0 Å². The monoisotopic (exact) mass is 168 g/mol. The lowest BCUT2D eigenvalue weighted by Gasteiger charge is -2.12. The van der Waals surface area contributed by atoms with Crippen molar-refractivity contribution in [1.29, 1.82) is 0 Å². The number of carbonyl (C=O) groups is 3. The molecule has 0 spiro atoms. The zero-order chi connectivity index (χ0) is 9.56. The molecule has 0 saturated heterocycles. The molecule has 0 aliphatic heterocycles. The first-order valence-corrected chi connectivity index (χ1v) is 3.73. The lowest BCUT2D eigenvalue weighted by Crippen LogP contribution is -2.25. The van der Waals surface area contributed by atoms with Crippen molar-refractivity contribution in [2.45, 2.75) is 19.3 Å². The third-order valence-electron chi connectivity index (χ3n) is 1.68. The largest absolute Gasteiger partial charge is 0.303 e. The van der Waals surface area contributed by atoms with E-state index in [0.717, 1.165) is 0 Å². The predicted molar refractivity (Wildman–Crippen MR) is 44.7 cm³/mol. The smallest absolute Gasteiger partial charge is 0.143 e. The van der Waals surface area contributed by atoms with E-state index in [9.17, 15) is 14.4 Å². The molecule has 1 aliphatic rings. The van der Waals surface area contributed by atoms with Crippen LogP contribution in [0.4, 0.5) is 0 Å². The van der Waals surface area contributed by atoms with Crippen molar-refractivity contribution in [2.75, 3.05) is 0 Å². The Bertz CT molecular complexity index is 196. The summed E-state index contributed by atoms with van der Waals surface area (Å²) in [6, 6.07) is 0. The first-order valence-electron chi connectivity index (χ1n) is 3.73. The molecular formula is C9H12O3. The molecule has 1 rings (SSSR count). The van der Waals surface area contributed by atoms with Crippen molar-refractivity contribution in [3.63, 3.8) is 0 Å². The highest BCUT2D eigenvalue weighted by Gasteiger charge is 2.26. The lowest BCUT2D eigenvalue weighted by molar-refractivity contribution is -0.136. The topological polar surface area (TPSA) is 51.2 Å². The Morgan fingerprint density at radius 1 is 1.25 bits per heavy atom. The Kier molecular flexibility index (Phi) is 4.84. The van der Waals surface area contributed by atoms with Crippen molar-refractivity contribution in [2.24, 2.45) is 5.92 Å². The summed E-state index contributed by atoms with van der Waals surface area (Å²) in [7, 11) is 0. The maximum atomic E-state index is 10.8. The predicted octanol–water partition coefficient (Wildman–Crippen LogP) is 0.926. The van der Waals surface area contributed by atoms with E-state index < -0.39 is 5.92 Å². The van der Waals surface area contributed by atoms with Gasteiger partial charge >= 0.3 is 0 Å². The number of ketones is 2. The van der Waals surface area contributed by atoms with Gasteiger partial charge in [-0.15, -0.1) is 13.2 Å². The van der Waals surface area contributed by atoms with Crippen LogP contribution < -0.4 is 0 Å². The zero-order valence-electron chi connectivity index (χ0n) is 6.91. The van der Waals surface area contributed by atoms with E-state index in [0.29, 0.717) is 12.7 Å². The molecule has 3 heteroatoms. The highest BCUT2D eigenvalue weighted by Crippen LogP contribution is 2.15. The molecule has 1 fully saturated rings. The molecule has 0 aromatic heterocycles. The second kappa shape index (κ2) is 5.41. The minimum Gasteiger partial charge on any atom is -0.303 e. The molecule has 0 aromatic carbocycles. The summed E-state index contributed by atoms with van der Waals surface area (Å²) in [6.07, 6.45) is 1.27. The van der Waals surface area contributed by atoms with Gasteiger partial charge in [-0.1, -0.05) is 0 Å². The molecule has 0 radical (unpaired) electrons. The average molecular weight is 168 g/mol. The SMILES string of the molecule is C=C.O=CC1CC(=O)CCC1=O. The van der Waals surface area contributed by atoms with Gasteiger partial charge in [-0.05, 0) is 0 Å². The Morgan fingerprint density at radius 2 is 1.83 bits per heavy atom. The molecule has 0 amide bonds. The highest BCUT2D eigenvalue weighted by atomic mass is 16.2. The first kappa shape index (κ1) is 10.8. The average Bonchev–Trinajstić information content (AvgIpc) is 2.13. The summed E-state index contributed by atoms with van der Waals surface area (Å²) in [5.41, 5.74) is 0. The van der Waals surface area contributed by atoms with Crippen LogP contribution in [-0.4, -0.2) is 17.9 Å². The van der Waals surface area contributed by atoms with Crippen LogP contribution in [0.2, 0.25) is 0 Å². The molecule has 1 saturated carbocycles. The summed E-state index contributed by atoms with van der Waals surface area (Å²) >= 11 is 0. The maximum Gasteiger partial charge on any atom is 0.143 e. The summed E-state index contributed by atoms with van der Waals surface area (Å²) < 4.78 is 0. The number of hydrogen-bond donors (Lipinski definition) is 0. The van der Waals surface area contributed by atoms with Gasteiger partial charge in [0.1, 0.15) is 17.9 Å². The van der Waals surface area contributed by atoms with Crippen molar-refractivity contribution in [3.05, 3.63) is 13.2 Å². The number of hydrogen-bond acceptors (Lipinski definition) is 3. The van der Waals surface area contributed by atoms with Crippen LogP contribution in [0.3, 0.4) is 0 Å². The van der Waals surface area contributed by atoms with Crippen LogP contribution in [0, 0.1) is 5.92 Å². The van der Waals surface area contributed by atoms with E-state index in [1.165, 1.54) is 0 Å². The van der Waals surface area contributed by atoms with E-state index in [1.54, 1.807) is 0 Å². The fourth-order valence-electron chi connectivity index (χ4n) is 1.03. The summed E-state index contributed by atoms with van der Waals surface area (Å²) in [5.74, 6) is -0.701. The Balaban J connectivity index is 0.000000561. The molecule has 3 nitrogen and oxygen atoms in total. The van der Waals surface area contributed by atoms with Crippen LogP contribution in [0.25, 0.3) is 0 Å². The third kappa shape index (κ3) is 2.78. The van der Waals surface area contributed by atoms with Crippen LogP contribution >= 0.6 is 0 Å². The van der Waals surface area contributed by atoms with Gasteiger partial charge in [0.2, 0.25) is 0 Å². The second-order valence-electron chi connectivity index (χ2n) is 2.45. The number of Topliss-reactive ketones (excluding diaryl/α,β-unsaturated/α-hetero) is 2. The van der Waals surface area contributed by atoms with E-state index in [1.807, 2.05) is 0 Å². The molecule has 1 atom stereocenters. The number of carbonyl (C=O) groups excluding carboxylic acids is 3. The fourth-order valence-corrected chi connectivity index (χ4v) is 1.03. The quantitative estimate of drug-likeness (QED) is 0.332. The molecule has 0 heterocycles. The molecule has 1 unspecified atom stereocenters. The zero-order valence-corrected chi connectivity index (χ0v) is 6.91. The highest BCUT2D eigenvalue weighted by molar-refractivity contribution is 6.02. The summed E-state index contributed by atoms with van der Waals surface area (Å²) in [5, 5.41) is 0. The fraction of sp³-hybridized carbons (Fsp3) is 0.444. The van der Waals surface area contributed by atoms with Gasteiger partial charge in [0.25, 0.3) is 0 Å². The molecule has 12 heavy (non-hydrogen) atoms. The number of rotatable bonds is 1. The van der Waals surface area contributed by atoms with Crippen LogP contribution in [0.15, 0.2) is 13.2 Å². The Labute approximate surface area is 71.5 Å². The van der Waals surface area contributed by atoms with Crippen LogP contribution in [0.1, 0.15) is 19.3 Å². The maximum absolute atomic E-state index is 10.8. The summed E-state index contributed by atoms with van der Waals surface area (Å²) in [6.45, 7) is 6.00. The molecule has 66 valence electrons. The van der Waals surface area contributed by atoms with Gasteiger partial charge in [-0.25, -0.2) is 0 Å². The van der Waals surface area contributed by atoms with E-state index in [-0.39, 0.29) is 24.4 Å². The molecule has 0 bridgehead atoms. The second-order valence-corrected chi connectivity index (χ2v) is 2.45. The van der Waals surface area contributed by atoms with Gasteiger partial charge in [0.05, 0.1) is 5.92 Å². The summed E-state index contributed by atoms with van der Waals surface area (Å²) in [4.78, 5) is 31.6. The van der Waals surface area contributed by atoms with Crippen molar-refractivity contribution in [1.82, 2.24) is 0 Å². The molecule has 0 N–H and O–H groups in total. The standard InChI is InChI=1S/C7H8O3.C2H4/c8-4-5-3-6(9)1-2-7(5)10;1-2/h4-5H,1-3H2;1-2H2. The lowest BCUT2D eigenvalue weighted by atomic mass is 9.88. The van der Waals surface area contributed by atoms with Crippen LogP contribution in [0.5, 0.6) is 0 Å². The van der Waals surface area contributed by atoms with Gasteiger partial charge in [0, 0.05) is 19.3 Å². The third-order valence-corrected chi connectivity index (χ3v) is 1.68.